The molecule has 0 aliphatic heterocycles. The Morgan fingerprint density at radius 1 is 1.33 bits per heavy atom. The molecular weight excluding hydrogens is 282 g/mol. The minimum atomic E-state index is -0.0569. The zero-order valence-corrected chi connectivity index (χ0v) is 12.8. The van der Waals surface area contributed by atoms with E-state index in [1.54, 1.807) is 17.7 Å². The third-order valence-corrected chi connectivity index (χ3v) is 4.44. The lowest BCUT2D eigenvalue weighted by Gasteiger charge is -2.21. The first-order chi connectivity index (χ1) is 10.1. The number of thiophene rings is 1. The summed E-state index contributed by atoms with van der Waals surface area (Å²) in [7, 11) is 0. The molecule has 1 aromatic carbocycles. The van der Waals surface area contributed by atoms with E-state index < -0.39 is 0 Å². The van der Waals surface area contributed by atoms with E-state index in [0.29, 0.717) is 11.5 Å². The summed E-state index contributed by atoms with van der Waals surface area (Å²) in [5, 5.41) is 5.16. The lowest BCUT2D eigenvalue weighted by molar-refractivity contribution is 0.0926. The van der Waals surface area contributed by atoms with Crippen molar-refractivity contribution in [2.45, 2.75) is 19.9 Å². The number of carbonyl (C=O) groups is 1. The highest BCUT2D eigenvalue weighted by Gasteiger charge is 2.20. The Hall–Kier alpha value is -2.14. The van der Waals surface area contributed by atoms with Crippen molar-refractivity contribution in [3.63, 3.8) is 0 Å². The number of nitrogens with one attached hydrogen (secondary N) is 2. The molecule has 3 aromatic rings. The molecule has 2 aromatic heterocycles. The summed E-state index contributed by atoms with van der Waals surface area (Å²) in [6, 6.07) is 9.62. The number of carbonyl (C=O) groups excluding carboxylic acids is 1. The molecule has 1 amide bonds. The number of amides is 1. The Balaban J connectivity index is 1.83. The predicted octanol–water partition coefficient (Wildman–Crippen LogP) is 3.75. The average Bonchev–Trinajstić information content (AvgIpc) is 3.14. The molecule has 0 saturated heterocycles. The zero-order valence-electron chi connectivity index (χ0n) is 12.0. The molecule has 2 heterocycles. The van der Waals surface area contributed by atoms with E-state index in [9.17, 15) is 4.79 Å². The van der Waals surface area contributed by atoms with Crippen LogP contribution in [0.15, 0.2) is 42.0 Å². The van der Waals surface area contributed by atoms with E-state index in [-0.39, 0.29) is 11.9 Å². The van der Waals surface area contributed by atoms with Gasteiger partial charge in [-0.25, -0.2) is 4.98 Å². The van der Waals surface area contributed by atoms with Gasteiger partial charge in [0.1, 0.15) is 0 Å². The first kappa shape index (κ1) is 13.8. The van der Waals surface area contributed by atoms with Crippen LogP contribution in [0.4, 0.5) is 0 Å². The fourth-order valence-electron chi connectivity index (χ4n) is 2.34. The Morgan fingerprint density at radius 3 is 2.90 bits per heavy atom. The second-order valence-electron chi connectivity index (χ2n) is 5.35. The Kier molecular flexibility index (Phi) is 3.75. The number of hydrogen-bond donors (Lipinski definition) is 2. The third kappa shape index (κ3) is 2.83. The summed E-state index contributed by atoms with van der Waals surface area (Å²) < 4.78 is 0. The molecule has 0 bridgehead atoms. The van der Waals surface area contributed by atoms with Gasteiger partial charge in [0, 0.05) is 10.4 Å². The molecule has 0 unspecified atom stereocenters. The molecule has 3 rings (SSSR count). The van der Waals surface area contributed by atoms with Crippen LogP contribution in [0.2, 0.25) is 0 Å². The molecule has 0 fully saturated rings. The lowest BCUT2D eigenvalue weighted by atomic mass is 10.0. The Bertz CT molecular complexity index is 746. The Labute approximate surface area is 127 Å². The van der Waals surface area contributed by atoms with Crippen LogP contribution in [-0.4, -0.2) is 15.9 Å². The second-order valence-corrected chi connectivity index (χ2v) is 6.32. The van der Waals surface area contributed by atoms with E-state index in [1.807, 2.05) is 29.6 Å². The highest BCUT2D eigenvalue weighted by molar-refractivity contribution is 7.10. The summed E-state index contributed by atoms with van der Waals surface area (Å²) in [6.07, 6.45) is 1.63. The van der Waals surface area contributed by atoms with Crippen molar-refractivity contribution in [2.24, 2.45) is 5.92 Å². The predicted molar refractivity (Wildman–Crippen MR) is 85.5 cm³/mol. The van der Waals surface area contributed by atoms with Crippen LogP contribution in [0.25, 0.3) is 11.0 Å². The van der Waals surface area contributed by atoms with E-state index in [2.05, 4.69) is 35.2 Å². The average molecular weight is 299 g/mol. The van der Waals surface area contributed by atoms with Gasteiger partial charge in [0.15, 0.2) is 0 Å². The molecule has 0 aliphatic rings. The van der Waals surface area contributed by atoms with Crippen LogP contribution in [0.1, 0.15) is 35.1 Å². The molecule has 0 spiro atoms. The van der Waals surface area contributed by atoms with E-state index >= 15 is 0 Å². The molecular formula is C16H17N3OS. The zero-order chi connectivity index (χ0) is 14.8. The number of benzene rings is 1. The van der Waals surface area contributed by atoms with Crippen molar-refractivity contribution in [3.8, 4) is 0 Å². The number of aromatic amines is 1. The molecule has 21 heavy (non-hydrogen) atoms. The van der Waals surface area contributed by atoms with Gasteiger partial charge >= 0.3 is 0 Å². The number of nitrogens with zero attached hydrogens (tertiary/aromatic N) is 1. The molecule has 4 nitrogen and oxygen atoms in total. The summed E-state index contributed by atoms with van der Waals surface area (Å²) in [5.74, 6) is 0.280. The number of hydrogen-bond acceptors (Lipinski definition) is 3. The van der Waals surface area contributed by atoms with Gasteiger partial charge in [-0.1, -0.05) is 19.9 Å². The number of H-pyrrole nitrogens is 1. The molecule has 108 valence electrons. The number of rotatable bonds is 4. The third-order valence-electron chi connectivity index (χ3n) is 3.49. The second kappa shape index (κ2) is 5.69. The quantitative estimate of drug-likeness (QED) is 0.771. The topological polar surface area (TPSA) is 57.8 Å². The summed E-state index contributed by atoms with van der Waals surface area (Å²) in [6.45, 7) is 4.23. The van der Waals surface area contributed by atoms with E-state index in [4.69, 9.17) is 0 Å². The van der Waals surface area contributed by atoms with Crippen molar-refractivity contribution >= 4 is 28.3 Å². The fraction of sp³-hybridized carbons (Fsp3) is 0.250. The van der Waals surface area contributed by atoms with Gasteiger partial charge in [0.05, 0.1) is 23.4 Å². The SMILES string of the molecule is CC(C)[C@@H](NC(=O)c1ccc2nc[nH]c2c1)c1cccs1. The maximum absolute atomic E-state index is 12.5. The number of aromatic nitrogens is 2. The van der Waals surface area contributed by atoms with Crippen LogP contribution in [0.3, 0.4) is 0 Å². The first-order valence-corrected chi connectivity index (χ1v) is 7.80. The van der Waals surface area contributed by atoms with Crippen LogP contribution in [0.5, 0.6) is 0 Å². The van der Waals surface area contributed by atoms with Crippen molar-refractivity contribution in [1.82, 2.24) is 15.3 Å². The largest absolute Gasteiger partial charge is 0.345 e. The van der Waals surface area contributed by atoms with Gasteiger partial charge in [0.2, 0.25) is 0 Å². The molecule has 1 atom stereocenters. The molecule has 5 heteroatoms. The van der Waals surface area contributed by atoms with Crippen molar-refractivity contribution in [2.75, 3.05) is 0 Å². The van der Waals surface area contributed by atoms with Crippen LogP contribution in [-0.2, 0) is 0 Å². The van der Waals surface area contributed by atoms with Gasteiger partial charge < -0.3 is 10.3 Å². The van der Waals surface area contributed by atoms with Gasteiger partial charge in [-0.3, -0.25) is 4.79 Å². The summed E-state index contributed by atoms with van der Waals surface area (Å²) in [5.41, 5.74) is 2.39. The highest BCUT2D eigenvalue weighted by Crippen LogP contribution is 2.26. The van der Waals surface area contributed by atoms with Crippen molar-refractivity contribution < 1.29 is 4.79 Å². The van der Waals surface area contributed by atoms with Gasteiger partial charge in [0.25, 0.3) is 5.91 Å². The maximum Gasteiger partial charge on any atom is 0.251 e. The number of fused-ring (bicyclic) bond motifs is 1. The minimum Gasteiger partial charge on any atom is -0.345 e. The van der Waals surface area contributed by atoms with E-state index in [0.717, 1.165) is 11.0 Å². The molecule has 0 radical (unpaired) electrons. The van der Waals surface area contributed by atoms with Crippen molar-refractivity contribution in [3.05, 3.63) is 52.5 Å². The first-order valence-electron chi connectivity index (χ1n) is 6.92. The van der Waals surface area contributed by atoms with E-state index in [1.165, 1.54) is 4.88 Å². The normalized spacial score (nSPS) is 12.7. The van der Waals surface area contributed by atoms with Gasteiger partial charge in [-0.05, 0) is 35.6 Å². The number of imidazole rings is 1. The molecule has 2 N–H and O–H groups in total. The summed E-state index contributed by atoms with van der Waals surface area (Å²) >= 11 is 1.67. The van der Waals surface area contributed by atoms with Crippen LogP contribution in [0, 0.1) is 5.92 Å². The highest BCUT2D eigenvalue weighted by atomic mass is 32.1. The molecule has 0 aliphatic carbocycles. The minimum absolute atomic E-state index is 0.0370. The van der Waals surface area contributed by atoms with Crippen LogP contribution >= 0.6 is 11.3 Å². The van der Waals surface area contributed by atoms with Crippen LogP contribution < -0.4 is 5.32 Å². The maximum atomic E-state index is 12.5. The standard InChI is InChI=1S/C16H17N3OS/c1-10(2)15(14-4-3-7-21-14)19-16(20)11-5-6-12-13(8-11)18-9-17-12/h3-10,15H,1-2H3,(H,17,18)(H,19,20)/t15-/m1/s1. The molecule has 0 saturated carbocycles. The smallest absolute Gasteiger partial charge is 0.251 e. The fourth-order valence-corrected chi connectivity index (χ4v) is 3.29. The summed E-state index contributed by atoms with van der Waals surface area (Å²) in [4.78, 5) is 20.9. The Morgan fingerprint density at radius 2 is 2.19 bits per heavy atom. The van der Waals surface area contributed by atoms with Gasteiger partial charge in [-0.15, -0.1) is 11.3 Å². The van der Waals surface area contributed by atoms with Gasteiger partial charge in [-0.2, -0.15) is 0 Å². The monoisotopic (exact) mass is 299 g/mol. The van der Waals surface area contributed by atoms with Crippen molar-refractivity contribution in [1.29, 1.82) is 0 Å². The lowest BCUT2D eigenvalue weighted by Crippen LogP contribution is -2.31.